The van der Waals surface area contributed by atoms with Crippen molar-refractivity contribution in [3.63, 3.8) is 0 Å². The van der Waals surface area contributed by atoms with Crippen LogP contribution in [0.2, 0.25) is 0 Å². The topological polar surface area (TPSA) is 26.3 Å². The fourth-order valence-electron chi connectivity index (χ4n) is 2.77. The van der Waals surface area contributed by atoms with E-state index in [1.165, 1.54) is 22.3 Å². The molecule has 2 aromatic carbocycles. The SMILES string of the molecule is C=C(C(=O)OCC)c1cccc2c1Cc1ccccc1-2. The molecular weight excluding hydrogens is 248 g/mol. The lowest BCUT2D eigenvalue weighted by Crippen LogP contribution is -2.07. The van der Waals surface area contributed by atoms with Crippen molar-refractivity contribution >= 4 is 11.5 Å². The molecular formula is C18H16O2. The Hall–Kier alpha value is -2.35. The van der Waals surface area contributed by atoms with Gasteiger partial charge in [-0.3, -0.25) is 0 Å². The lowest BCUT2D eigenvalue weighted by atomic mass is 9.96. The Balaban J connectivity index is 2.05. The van der Waals surface area contributed by atoms with Crippen LogP contribution in [0, 0.1) is 0 Å². The Labute approximate surface area is 118 Å². The molecule has 3 rings (SSSR count). The summed E-state index contributed by atoms with van der Waals surface area (Å²) in [5.74, 6) is -0.336. The fourth-order valence-corrected chi connectivity index (χ4v) is 2.77. The fraction of sp³-hybridized carbons (Fsp3) is 0.167. The van der Waals surface area contributed by atoms with Gasteiger partial charge < -0.3 is 4.74 Å². The molecule has 0 spiro atoms. The first-order chi connectivity index (χ1) is 9.72. The quantitative estimate of drug-likeness (QED) is 0.531. The van der Waals surface area contributed by atoms with Crippen LogP contribution in [0.1, 0.15) is 23.6 Å². The van der Waals surface area contributed by atoms with Gasteiger partial charge in [-0.2, -0.15) is 0 Å². The van der Waals surface area contributed by atoms with Gasteiger partial charge in [-0.15, -0.1) is 0 Å². The van der Waals surface area contributed by atoms with E-state index < -0.39 is 0 Å². The predicted molar refractivity (Wildman–Crippen MR) is 80.4 cm³/mol. The lowest BCUT2D eigenvalue weighted by molar-refractivity contribution is -0.136. The molecule has 0 N–H and O–H groups in total. The Bertz CT molecular complexity index is 698. The zero-order valence-electron chi connectivity index (χ0n) is 11.5. The molecule has 0 aromatic heterocycles. The maximum absolute atomic E-state index is 11.9. The van der Waals surface area contributed by atoms with Crippen LogP contribution in [-0.4, -0.2) is 12.6 Å². The van der Waals surface area contributed by atoms with E-state index in [1.807, 2.05) is 24.3 Å². The number of esters is 1. The first-order valence-corrected chi connectivity index (χ1v) is 6.79. The van der Waals surface area contributed by atoms with Gasteiger partial charge in [-0.05, 0) is 41.2 Å². The molecule has 0 heterocycles. The Kier molecular flexibility index (Phi) is 3.15. The monoisotopic (exact) mass is 264 g/mol. The number of rotatable bonds is 3. The first-order valence-electron chi connectivity index (χ1n) is 6.79. The van der Waals surface area contributed by atoms with Gasteiger partial charge in [-0.1, -0.05) is 49.0 Å². The molecule has 0 unspecified atom stereocenters. The van der Waals surface area contributed by atoms with E-state index in [9.17, 15) is 4.79 Å². The summed E-state index contributed by atoms with van der Waals surface area (Å²) in [5.41, 5.74) is 6.26. The zero-order chi connectivity index (χ0) is 14.1. The molecule has 20 heavy (non-hydrogen) atoms. The van der Waals surface area contributed by atoms with Crippen LogP contribution in [0.25, 0.3) is 16.7 Å². The number of benzene rings is 2. The third-order valence-electron chi connectivity index (χ3n) is 3.70. The van der Waals surface area contributed by atoms with Gasteiger partial charge in [0.2, 0.25) is 0 Å². The molecule has 1 aliphatic carbocycles. The number of fused-ring (bicyclic) bond motifs is 3. The molecule has 0 atom stereocenters. The lowest BCUT2D eigenvalue weighted by Gasteiger charge is -2.10. The third kappa shape index (κ3) is 1.94. The molecule has 2 nitrogen and oxygen atoms in total. The summed E-state index contributed by atoms with van der Waals surface area (Å²) in [5, 5.41) is 0. The van der Waals surface area contributed by atoms with E-state index in [1.54, 1.807) is 6.92 Å². The maximum Gasteiger partial charge on any atom is 0.338 e. The van der Waals surface area contributed by atoms with Gasteiger partial charge in [0.25, 0.3) is 0 Å². The van der Waals surface area contributed by atoms with E-state index in [-0.39, 0.29) is 5.97 Å². The van der Waals surface area contributed by atoms with E-state index >= 15 is 0 Å². The van der Waals surface area contributed by atoms with Gasteiger partial charge in [0, 0.05) is 0 Å². The number of carbonyl (C=O) groups excluding carboxylic acids is 1. The summed E-state index contributed by atoms with van der Waals surface area (Å²) in [6, 6.07) is 14.4. The molecule has 0 saturated heterocycles. The second-order valence-electron chi connectivity index (χ2n) is 4.86. The molecule has 0 bridgehead atoms. The van der Waals surface area contributed by atoms with E-state index in [0.29, 0.717) is 12.2 Å². The Morgan fingerprint density at radius 1 is 1.15 bits per heavy atom. The summed E-state index contributed by atoms with van der Waals surface area (Å²) < 4.78 is 5.06. The number of hydrogen-bond acceptors (Lipinski definition) is 2. The highest BCUT2D eigenvalue weighted by Crippen LogP contribution is 2.39. The average Bonchev–Trinajstić information content (AvgIpc) is 2.85. The van der Waals surface area contributed by atoms with Crippen LogP contribution < -0.4 is 0 Å². The van der Waals surface area contributed by atoms with Gasteiger partial charge in [0.15, 0.2) is 0 Å². The second-order valence-corrected chi connectivity index (χ2v) is 4.86. The van der Waals surface area contributed by atoms with Crippen LogP contribution >= 0.6 is 0 Å². The van der Waals surface area contributed by atoms with Crippen molar-refractivity contribution in [2.45, 2.75) is 13.3 Å². The minimum Gasteiger partial charge on any atom is -0.462 e. The summed E-state index contributed by atoms with van der Waals surface area (Å²) in [6.45, 7) is 6.08. The largest absolute Gasteiger partial charge is 0.462 e. The number of hydrogen-bond donors (Lipinski definition) is 0. The van der Waals surface area contributed by atoms with Crippen molar-refractivity contribution in [3.8, 4) is 11.1 Å². The summed E-state index contributed by atoms with van der Waals surface area (Å²) in [7, 11) is 0. The number of carbonyl (C=O) groups is 1. The van der Waals surface area contributed by atoms with E-state index in [0.717, 1.165) is 12.0 Å². The standard InChI is InChI=1S/C18H16O2/c1-3-20-18(19)12(2)14-9-6-10-16-15-8-5-4-7-13(15)11-17(14)16/h4-10H,2-3,11H2,1H3. The minimum absolute atomic E-state index is 0.336. The molecule has 0 amide bonds. The summed E-state index contributed by atoms with van der Waals surface area (Å²) >= 11 is 0. The van der Waals surface area contributed by atoms with E-state index in [2.05, 4.69) is 24.8 Å². The molecule has 0 aliphatic heterocycles. The molecule has 0 fully saturated rings. The molecule has 1 aliphatic rings. The first kappa shape index (κ1) is 12.7. The van der Waals surface area contributed by atoms with Gasteiger partial charge >= 0.3 is 5.97 Å². The smallest absolute Gasteiger partial charge is 0.338 e. The Morgan fingerprint density at radius 3 is 2.70 bits per heavy atom. The third-order valence-corrected chi connectivity index (χ3v) is 3.70. The molecule has 100 valence electrons. The minimum atomic E-state index is -0.336. The van der Waals surface area contributed by atoms with Crippen LogP contribution in [0.4, 0.5) is 0 Å². The van der Waals surface area contributed by atoms with Crippen molar-refractivity contribution in [2.24, 2.45) is 0 Å². The van der Waals surface area contributed by atoms with Gasteiger partial charge in [0.1, 0.15) is 0 Å². The van der Waals surface area contributed by atoms with Crippen LogP contribution in [-0.2, 0) is 16.0 Å². The molecule has 0 saturated carbocycles. The van der Waals surface area contributed by atoms with Crippen molar-refractivity contribution in [1.29, 1.82) is 0 Å². The highest BCUT2D eigenvalue weighted by atomic mass is 16.5. The maximum atomic E-state index is 11.9. The summed E-state index contributed by atoms with van der Waals surface area (Å²) in [4.78, 5) is 11.9. The average molecular weight is 264 g/mol. The number of ether oxygens (including phenoxy) is 1. The van der Waals surface area contributed by atoms with Crippen molar-refractivity contribution < 1.29 is 9.53 Å². The second kappa shape index (κ2) is 4.97. The van der Waals surface area contributed by atoms with Crippen LogP contribution in [0.5, 0.6) is 0 Å². The normalized spacial score (nSPS) is 11.7. The summed E-state index contributed by atoms with van der Waals surface area (Å²) in [6.07, 6.45) is 0.847. The van der Waals surface area contributed by atoms with Crippen molar-refractivity contribution in [2.75, 3.05) is 6.61 Å². The van der Waals surface area contributed by atoms with Crippen molar-refractivity contribution in [3.05, 3.63) is 65.7 Å². The highest BCUT2D eigenvalue weighted by molar-refractivity contribution is 6.16. The van der Waals surface area contributed by atoms with E-state index in [4.69, 9.17) is 4.74 Å². The van der Waals surface area contributed by atoms with Crippen molar-refractivity contribution in [1.82, 2.24) is 0 Å². The molecule has 2 heteroatoms. The van der Waals surface area contributed by atoms with Crippen LogP contribution in [0.3, 0.4) is 0 Å². The zero-order valence-corrected chi connectivity index (χ0v) is 11.5. The van der Waals surface area contributed by atoms with Gasteiger partial charge in [-0.25, -0.2) is 4.79 Å². The molecule has 0 radical (unpaired) electrons. The predicted octanol–water partition coefficient (Wildman–Crippen LogP) is 3.83. The van der Waals surface area contributed by atoms with Crippen LogP contribution in [0.15, 0.2) is 49.0 Å². The Morgan fingerprint density at radius 2 is 1.90 bits per heavy atom. The van der Waals surface area contributed by atoms with Gasteiger partial charge in [0.05, 0.1) is 12.2 Å². The molecule has 2 aromatic rings. The highest BCUT2D eigenvalue weighted by Gasteiger charge is 2.23.